The van der Waals surface area contributed by atoms with Crippen molar-refractivity contribution in [3.05, 3.63) is 81.1 Å². The average Bonchev–Trinajstić information content (AvgIpc) is 2.62. The Morgan fingerprint density at radius 2 is 1.72 bits per heavy atom. The Morgan fingerprint density at radius 1 is 1.00 bits per heavy atom. The van der Waals surface area contributed by atoms with Crippen molar-refractivity contribution < 1.29 is 4.79 Å². The van der Waals surface area contributed by atoms with Gasteiger partial charge in [0.25, 0.3) is 5.56 Å². The van der Waals surface area contributed by atoms with Gasteiger partial charge in [-0.2, -0.15) is 0 Å². The summed E-state index contributed by atoms with van der Waals surface area (Å²) in [5, 5.41) is 3.33. The Hall–Kier alpha value is -2.92. The second-order valence-corrected chi connectivity index (χ2v) is 6.34. The highest BCUT2D eigenvalue weighted by atomic mass is 35.5. The minimum atomic E-state index is -0.345. The van der Waals surface area contributed by atoms with Crippen LogP contribution in [0.5, 0.6) is 0 Å². The molecule has 3 aromatic rings. The van der Waals surface area contributed by atoms with E-state index in [2.05, 4.69) is 15.3 Å². The number of H-pyrrole nitrogens is 1. The second kappa shape index (κ2) is 6.18. The lowest BCUT2D eigenvalue weighted by Crippen LogP contribution is -2.31. The molecule has 2 aromatic carbocycles. The van der Waals surface area contributed by atoms with Crippen LogP contribution >= 0.6 is 11.6 Å². The number of hydrogen-bond donors (Lipinski definition) is 2. The average molecular weight is 352 g/mol. The van der Waals surface area contributed by atoms with Gasteiger partial charge in [0.2, 0.25) is 5.91 Å². The van der Waals surface area contributed by atoms with E-state index in [0.717, 1.165) is 11.1 Å². The number of hydrogen-bond acceptors (Lipinski definition) is 3. The first-order valence-electron chi connectivity index (χ1n) is 7.87. The predicted molar refractivity (Wildman–Crippen MR) is 96.8 cm³/mol. The van der Waals surface area contributed by atoms with Gasteiger partial charge >= 0.3 is 0 Å². The van der Waals surface area contributed by atoms with E-state index in [1.807, 2.05) is 42.5 Å². The van der Waals surface area contributed by atoms with Crippen LogP contribution in [0.3, 0.4) is 0 Å². The van der Waals surface area contributed by atoms with Crippen molar-refractivity contribution in [1.29, 1.82) is 0 Å². The number of carbonyl (C=O) groups excluding carboxylic acids is 1. The standard InChI is InChI=1S/C19H14ClN3O2/c20-13-8-6-11(7-9-13)14-10-15(24)21-18-16(14)19(25)23-17(22-18)12-4-2-1-3-5-12/h1-9,14H,10H2,(H2,21,22,23,24,25)/t14-/m1/s1. The van der Waals surface area contributed by atoms with Crippen molar-refractivity contribution in [2.45, 2.75) is 12.3 Å². The van der Waals surface area contributed by atoms with E-state index < -0.39 is 0 Å². The summed E-state index contributed by atoms with van der Waals surface area (Å²) < 4.78 is 0. The topological polar surface area (TPSA) is 74.8 Å². The highest BCUT2D eigenvalue weighted by molar-refractivity contribution is 6.30. The summed E-state index contributed by atoms with van der Waals surface area (Å²) in [6.07, 6.45) is 0.198. The third-order valence-electron chi connectivity index (χ3n) is 4.27. The number of carbonyl (C=O) groups is 1. The molecule has 0 fully saturated rings. The van der Waals surface area contributed by atoms with Gasteiger partial charge in [0, 0.05) is 22.9 Å². The molecule has 1 aliphatic rings. The van der Waals surface area contributed by atoms with Gasteiger partial charge < -0.3 is 10.3 Å². The van der Waals surface area contributed by atoms with Crippen LogP contribution in [0.15, 0.2) is 59.4 Å². The Kier molecular flexibility index (Phi) is 3.86. The summed E-state index contributed by atoms with van der Waals surface area (Å²) in [4.78, 5) is 32.2. The summed E-state index contributed by atoms with van der Waals surface area (Å²) in [6, 6.07) is 16.5. The molecule has 0 saturated heterocycles. The van der Waals surface area contributed by atoms with Crippen molar-refractivity contribution in [3.63, 3.8) is 0 Å². The van der Waals surface area contributed by atoms with E-state index in [4.69, 9.17) is 11.6 Å². The van der Waals surface area contributed by atoms with Crippen molar-refractivity contribution >= 4 is 23.3 Å². The lowest BCUT2D eigenvalue weighted by molar-refractivity contribution is -0.116. The largest absolute Gasteiger partial charge is 0.310 e. The number of nitrogens with one attached hydrogen (secondary N) is 2. The molecule has 4 rings (SSSR count). The zero-order chi connectivity index (χ0) is 17.4. The first-order chi connectivity index (χ1) is 12.1. The Balaban J connectivity index is 1.85. The van der Waals surface area contributed by atoms with Gasteiger partial charge in [-0.05, 0) is 17.7 Å². The zero-order valence-corrected chi connectivity index (χ0v) is 13.9. The lowest BCUT2D eigenvalue weighted by atomic mass is 9.87. The minimum Gasteiger partial charge on any atom is -0.310 e. The van der Waals surface area contributed by atoms with Gasteiger partial charge in [0.1, 0.15) is 11.6 Å². The molecule has 0 spiro atoms. The number of aromatic amines is 1. The first kappa shape index (κ1) is 15.6. The fourth-order valence-corrected chi connectivity index (χ4v) is 3.21. The molecule has 0 aliphatic carbocycles. The van der Waals surface area contributed by atoms with Crippen LogP contribution < -0.4 is 10.9 Å². The number of anilines is 1. The molecule has 2 N–H and O–H groups in total. The monoisotopic (exact) mass is 351 g/mol. The van der Waals surface area contributed by atoms with E-state index in [9.17, 15) is 9.59 Å². The predicted octanol–water partition coefficient (Wildman–Crippen LogP) is 3.56. The molecule has 0 unspecified atom stereocenters. The molecule has 1 amide bonds. The summed E-state index contributed by atoms with van der Waals surface area (Å²) in [5.41, 5.74) is 1.87. The van der Waals surface area contributed by atoms with Crippen LogP contribution in [0, 0.1) is 0 Å². The van der Waals surface area contributed by atoms with E-state index in [0.29, 0.717) is 22.2 Å². The SMILES string of the molecule is O=C1C[C@H](c2ccc(Cl)cc2)c2c(nc(-c3ccccc3)[nH]c2=O)N1. The number of rotatable bonds is 2. The molecule has 0 radical (unpaired) electrons. The van der Waals surface area contributed by atoms with Crippen molar-refractivity contribution in [3.8, 4) is 11.4 Å². The van der Waals surface area contributed by atoms with Crippen molar-refractivity contribution in [1.82, 2.24) is 9.97 Å². The summed E-state index contributed by atoms with van der Waals surface area (Å²) in [6.45, 7) is 0. The van der Waals surface area contributed by atoms with Gasteiger partial charge in [-0.1, -0.05) is 54.1 Å². The number of aromatic nitrogens is 2. The number of fused-ring (bicyclic) bond motifs is 1. The van der Waals surface area contributed by atoms with Gasteiger partial charge in [-0.3, -0.25) is 9.59 Å². The maximum Gasteiger partial charge on any atom is 0.257 e. The first-order valence-corrected chi connectivity index (χ1v) is 8.24. The Morgan fingerprint density at radius 3 is 2.44 bits per heavy atom. The van der Waals surface area contributed by atoms with Crippen LogP contribution in [0.25, 0.3) is 11.4 Å². The fraction of sp³-hybridized carbons (Fsp3) is 0.105. The smallest absolute Gasteiger partial charge is 0.257 e. The molecule has 1 aliphatic heterocycles. The highest BCUT2D eigenvalue weighted by Gasteiger charge is 2.30. The second-order valence-electron chi connectivity index (χ2n) is 5.90. The maximum absolute atomic E-state index is 12.7. The normalized spacial score (nSPS) is 16.2. The molecule has 25 heavy (non-hydrogen) atoms. The van der Waals surface area contributed by atoms with Gasteiger partial charge in [-0.15, -0.1) is 0 Å². The van der Waals surface area contributed by atoms with Crippen LogP contribution in [0.2, 0.25) is 5.02 Å². The molecule has 0 bridgehead atoms. The Labute approximate surface area is 148 Å². The highest BCUT2D eigenvalue weighted by Crippen LogP contribution is 2.34. The van der Waals surface area contributed by atoms with Crippen LogP contribution in [0.1, 0.15) is 23.5 Å². The molecule has 2 heterocycles. The fourth-order valence-electron chi connectivity index (χ4n) is 3.08. The van der Waals surface area contributed by atoms with Crippen molar-refractivity contribution in [2.24, 2.45) is 0 Å². The molecule has 1 aromatic heterocycles. The van der Waals surface area contributed by atoms with E-state index in [-0.39, 0.29) is 23.8 Å². The zero-order valence-electron chi connectivity index (χ0n) is 13.1. The van der Waals surface area contributed by atoms with Gasteiger partial charge in [0.05, 0.1) is 5.56 Å². The van der Waals surface area contributed by atoms with Crippen LogP contribution in [-0.2, 0) is 4.79 Å². The third-order valence-corrected chi connectivity index (χ3v) is 4.52. The summed E-state index contributed by atoms with van der Waals surface area (Å²) in [7, 11) is 0. The number of benzene rings is 2. The van der Waals surface area contributed by atoms with Gasteiger partial charge in [0.15, 0.2) is 0 Å². The summed E-state index contributed by atoms with van der Waals surface area (Å²) >= 11 is 5.94. The summed E-state index contributed by atoms with van der Waals surface area (Å²) in [5.74, 6) is 0.242. The molecule has 5 nitrogen and oxygen atoms in total. The number of halogens is 1. The quantitative estimate of drug-likeness (QED) is 0.741. The lowest BCUT2D eigenvalue weighted by Gasteiger charge is -2.24. The molecule has 124 valence electrons. The van der Waals surface area contributed by atoms with Crippen LogP contribution in [0.4, 0.5) is 5.82 Å². The maximum atomic E-state index is 12.7. The number of nitrogens with zero attached hydrogens (tertiary/aromatic N) is 1. The van der Waals surface area contributed by atoms with Crippen molar-refractivity contribution in [2.75, 3.05) is 5.32 Å². The van der Waals surface area contributed by atoms with Crippen LogP contribution in [-0.4, -0.2) is 15.9 Å². The number of amides is 1. The molecular weight excluding hydrogens is 338 g/mol. The molecule has 1 atom stereocenters. The van der Waals surface area contributed by atoms with E-state index in [1.54, 1.807) is 12.1 Å². The minimum absolute atomic E-state index is 0.162. The van der Waals surface area contributed by atoms with Gasteiger partial charge in [-0.25, -0.2) is 4.98 Å². The molecule has 6 heteroatoms. The molecule has 0 saturated carbocycles. The van der Waals surface area contributed by atoms with E-state index in [1.165, 1.54) is 0 Å². The Bertz CT molecular complexity index is 997. The molecular formula is C19H14ClN3O2. The third kappa shape index (κ3) is 2.94. The van der Waals surface area contributed by atoms with E-state index >= 15 is 0 Å².